The lowest BCUT2D eigenvalue weighted by atomic mass is 10.1. The molecule has 1 N–H and O–H groups in total. The molecule has 2 aromatic heterocycles. The van der Waals surface area contributed by atoms with Gasteiger partial charge in [0.25, 0.3) is 5.56 Å². The molecule has 1 aliphatic rings. The summed E-state index contributed by atoms with van der Waals surface area (Å²) < 4.78 is 34.9. The molecule has 0 atom stereocenters. The van der Waals surface area contributed by atoms with E-state index in [0.29, 0.717) is 29.9 Å². The number of nitrogens with one attached hydrogen (secondary N) is 1. The van der Waals surface area contributed by atoms with E-state index < -0.39 is 20.2 Å². The number of fused-ring (bicyclic) bond motifs is 1. The van der Waals surface area contributed by atoms with Gasteiger partial charge in [0.1, 0.15) is 17.1 Å². The fourth-order valence-corrected chi connectivity index (χ4v) is 5.61. The van der Waals surface area contributed by atoms with Crippen molar-refractivity contribution in [2.45, 2.75) is 31.6 Å². The second-order valence-corrected chi connectivity index (χ2v) is 10.6. The maximum absolute atomic E-state index is 13.3. The zero-order valence-electron chi connectivity index (χ0n) is 19.9. The van der Waals surface area contributed by atoms with Crippen molar-refractivity contribution in [2.75, 3.05) is 39.8 Å². The van der Waals surface area contributed by atoms with E-state index in [4.69, 9.17) is 4.74 Å². The molecule has 0 bridgehead atoms. The van der Waals surface area contributed by atoms with Crippen LogP contribution >= 0.6 is 0 Å². The molecule has 0 amide bonds. The van der Waals surface area contributed by atoms with Gasteiger partial charge in [0, 0.05) is 7.05 Å². The maximum atomic E-state index is 13.3. The summed E-state index contributed by atoms with van der Waals surface area (Å²) in [5.74, 6) is 0.623. The Balaban J connectivity index is 1.83. The van der Waals surface area contributed by atoms with Crippen molar-refractivity contribution in [3.05, 3.63) is 39.5 Å². The van der Waals surface area contributed by atoms with E-state index in [-0.39, 0.29) is 42.4 Å². The Morgan fingerprint density at radius 2 is 1.91 bits per heavy atom. The minimum atomic E-state index is -3.85. The third-order valence-corrected chi connectivity index (χ3v) is 7.98. The number of benzene rings is 1. The van der Waals surface area contributed by atoms with E-state index in [9.17, 15) is 18.4 Å². The van der Waals surface area contributed by atoms with Crippen LogP contribution in [0.5, 0.6) is 5.75 Å². The molecular weight excluding hydrogens is 460 g/mol. The summed E-state index contributed by atoms with van der Waals surface area (Å²) >= 11 is 0. The minimum Gasteiger partial charge on any atom is -0.633 e. The standard InChI is InChI=1S/C22H30N6O5S/c1-5-7-17-19-20(25-26(17)3)22(29)24-21(23-19)16-14-15(8-9-18(16)33-6-2)34(31,32)27-10-12-28(4,30)13-11-27/h8-9,14H,5-7,10-13H2,1-4H3,(H,23,24,29). The second kappa shape index (κ2) is 9.10. The normalized spacial score (nSPS) is 16.7. The zero-order valence-corrected chi connectivity index (χ0v) is 20.7. The van der Waals surface area contributed by atoms with Crippen molar-refractivity contribution in [1.29, 1.82) is 0 Å². The number of H-pyrrole nitrogens is 1. The average molecular weight is 491 g/mol. The average Bonchev–Trinajstić information content (AvgIpc) is 3.10. The van der Waals surface area contributed by atoms with Crippen molar-refractivity contribution >= 4 is 21.1 Å². The number of hydrogen-bond donors (Lipinski definition) is 1. The van der Waals surface area contributed by atoms with E-state index in [1.807, 2.05) is 13.8 Å². The quantitative estimate of drug-likeness (QED) is 0.393. The van der Waals surface area contributed by atoms with E-state index in [1.165, 1.54) is 16.4 Å². The molecular formula is C22H30N6O5S. The monoisotopic (exact) mass is 490 g/mol. The molecule has 1 saturated heterocycles. The molecule has 0 saturated carbocycles. The van der Waals surface area contributed by atoms with Crippen LogP contribution < -0.4 is 10.3 Å². The third-order valence-electron chi connectivity index (χ3n) is 6.08. The van der Waals surface area contributed by atoms with Crippen molar-refractivity contribution in [1.82, 2.24) is 24.1 Å². The number of aromatic nitrogens is 4. The van der Waals surface area contributed by atoms with Gasteiger partial charge >= 0.3 is 0 Å². The first-order valence-electron chi connectivity index (χ1n) is 11.4. The van der Waals surface area contributed by atoms with Crippen LogP contribution in [0, 0.1) is 5.21 Å². The lowest BCUT2D eigenvalue weighted by Crippen LogP contribution is -2.54. The number of piperazine rings is 1. The van der Waals surface area contributed by atoms with E-state index in [2.05, 4.69) is 15.1 Å². The Morgan fingerprint density at radius 3 is 2.56 bits per heavy atom. The van der Waals surface area contributed by atoms with Gasteiger partial charge in [0.2, 0.25) is 10.0 Å². The minimum absolute atomic E-state index is 0.0515. The van der Waals surface area contributed by atoms with E-state index in [1.54, 1.807) is 24.8 Å². The Labute approximate surface area is 198 Å². The number of sulfonamides is 1. The van der Waals surface area contributed by atoms with Gasteiger partial charge in [-0.15, -0.1) is 0 Å². The molecule has 0 spiro atoms. The molecule has 4 rings (SSSR count). The Bertz CT molecular complexity index is 1370. The summed E-state index contributed by atoms with van der Waals surface area (Å²) in [6.07, 6.45) is 1.55. The number of hydroxylamine groups is 3. The first-order chi connectivity index (χ1) is 16.1. The Morgan fingerprint density at radius 1 is 1.21 bits per heavy atom. The summed E-state index contributed by atoms with van der Waals surface area (Å²) in [6, 6.07) is 4.52. The highest BCUT2D eigenvalue weighted by Crippen LogP contribution is 2.32. The first kappa shape index (κ1) is 24.3. The van der Waals surface area contributed by atoms with Gasteiger partial charge in [-0.1, -0.05) is 13.3 Å². The number of hydrogen-bond acceptors (Lipinski definition) is 7. The van der Waals surface area contributed by atoms with Gasteiger partial charge in [-0.25, -0.2) is 13.4 Å². The summed E-state index contributed by atoms with van der Waals surface area (Å²) in [7, 11) is -0.530. The van der Waals surface area contributed by atoms with Gasteiger partial charge in [0.15, 0.2) is 5.52 Å². The van der Waals surface area contributed by atoms with Gasteiger partial charge in [-0.3, -0.25) is 9.48 Å². The molecule has 11 nitrogen and oxygen atoms in total. The summed E-state index contributed by atoms with van der Waals surface area (Å²) in [5, 5.41) is 16.5. The molecule has 1 fully saturated rings. The van der Waals surface area contributed by atoms with E-state index in [0.717, 1.165) is 12.1 Å². The van der Waals surface area contributed by atoms with Crippen molar-refractivity contribution in [2.24, 2.45) is 7.05 Å². The van der Waals surface area contributed by atoms with Gasteiger partial charge in [-0.05, 0) is 31.5 Å². The predicted molar refractivity (Wildman–Crippen MR) is 128 cm³/mol. The Kier molecular flexibility index (Phi) is 6.51. The SMILES string of the molecule is CCCc1c2nc(-c3cc(S(=O)(=O)N4CC[N+](C)([O-])CC4)ccc3OCC)[nH]c(=O)c2nn1C. The number of aryl methyl sites for hydroxylation is 2. The molecule has 0 unspecified atom stereocenters. The van der Waals surface area contributed by atoms with Crippen LogP contribution in [0.1, 0.15) is 26.0 Å². The molecule has 184 valence electrons. The molecule has 3 aromatic rings. The highest BCUT2D eigenvalue weighted by Gasteiger charge is 2.32. The van der Waals surface area contributed by atoms with Gasteiger partial charge < -0.3 is 19.6 Å². The number of aromatic amines is 1. The molecule has 3 heterocycles. The van der Waals surface area contributed by atoms with Crippen LogP contribution in [0.2, 0.25) is 0 Å². The maximum Gasteiger partial charge on any atom is 0.279 e. The van der Waals surface area contributed by atoms with Crippen LogP contribution in [0.15, 0.2) is 27.9 Å². The van der Waals surface area contributed by atoms with Gasteiger partial charge in [0.05, 0.1) is 56.0 Å². The topological polar surface area (TPSA) is 133 Å². The number of ether oxygens (including phenoxy) is 1. The van der Waals surface area contributed by atoms with Crippen LogP contribution in [-0.2, 0) is 23.5 Å². The highest BCUT2D eigenvalue weighted by molar-refractivity contribution is 7.89. The van der Waals surface area contributed by atoms with E-state index >= 15 is 0 Å². The molecule has 1 aromatic carbocycles. The lowest BCUT2D eigenvalue weighted by molar-refractivity contribution is -0.864. The van der Waals surface area contributed by atoms with Gasteiger partial charge in [-0.2, -0.15) is 9.40 Å². The fourth-order valence-electron chi connectivity index (χ4n) is 4.16. The third kappa shape index (κ3) is 4.45. The van der Waals surface area contributed by atoms with Crippen LogP contribution in [0.4, 0.5) is 0 Å². The summed E-state index contributed by atoms with van der Waals surface area (Å²) in [6.45, 7) is 4.87. The van der Waals surface area contributed by atoms with Crippen LogP contribution in [0.3, 0.4) is 0 Å². The zero-order chi connectivity index (χ0) is 24.7. The molecule has 0 radical (unpaired) electrons. The predicted octanol–water partition coefficient (Wildman–Crippen LogP) is 1.62. The molecule has 34 heavy (non-hydrogen) atoms. The summed E-state index contributed by atoms with van der Waals surface area (Å²) in [4.78, 5) is 20.3. The van der Waals surface area contributed by atoms with Crippen molar-refractivity contribution < 1.29 is 17.8 Å². The second-order valence-electron chi connectivity index (χ2n) is 8.67. The molecule has 12 heteroatoms. The molecule has 1 aliphatic heterocycles. The smallest absolute Gasteiger partial charge is 0.279 e. The van der Waals surface area contributed by atoms with Crippen LogP contribution in [0.25, 0.3) is 22.4 Å². The number of likely N-dealkylation sites (N-methyl/N-ethyl adjacent to an activating group) is 1. The molecule has 0 aliphatic carbocycles. The summed E-state index contributed by atoms with van der Waals surface area (Å²) in [5.41, 5.74) is 1.52. The largest absolute Gasteiger partial charge is 0.633 e. The number of nitrogens with zero attached hydrogens (tertiary/aromatic N) is 5. The first-order valence-corrected chi connectivity index (χ1v) is 12.8. The Hall–Kier alpha value is -2.80. The number of rotatable bonds is 7. The highest BCUT2D eigenvalue weighted by atomic mass is 32.2. The lowest BCUT2D eigenvalue weighted by Gasteiger charge is -2.44. The van der Waals surface area contributed by atoms with Crippen molar-refractivity contribution in [3.63, 3.8) is 0 Å². The number of quaternary nitrogens is 1. The van der Waals surface area contributed by atoms with Crippen molar-refractivity contribution in [3.8, 4) is 17.1 Å². The fraction of sp³-hybridized carbons (Fsp3) is 0.500. The van der Waals surface area contributed by atoms with Crippen LogP contribution in [-0.4, -0.2) is 77.0 Å².